The lowest BCUT2D eigenvalue weighted by Crippen LogP contribution is -2.45. The molecule has 1 aliphatic rings. The number of nitrogens with one attached hydrogen (secondary N) is 2. The molecule has 1 saturated heterocycles. The van der Waals surface area contributed by atoms with Crippen LogP contribution in [-0.2, 0) is 4.74 Å². The van der Waals surface area contributed by atoms with Crippen LogP contribution in [0.2, 0.25) is 0 Å². The molecule has 2 N–H and O–H groups in total. The van der Waals surface area contributed by atoms with Crippen molar-refractivity contribution in [3.05, 3.63) is 20.4 Å². The first-order chi connectivity index (χ1) is 11.1. The fourth-order valence-corrected chi connectivity index (χ4v) is 2.71. The van der Waals surface area contributed by atoms with Gasteiger partial charge in [-0.2, -0.15) is 0 Å². The number of hydrogen-bond acceptors (Lipinski definition) is 6. The van der Waals surface area contributed by atoms with Gasteiger partial charge in [0.25, 0.3) is 10.9 Å². The fourth-order valence-electron chi connectivity index (χ4n) is 2.71. The van der Waals surface area contributed by atoms with E-state index >= 15 is 0 Å². The van der Waals surface area contributed by atoms with Crippen LogP contribution in [0.15, 0.2) is 9.59 Å². The molecular formula is C16H25N3O4. The van der Waals surface area contributed by atoms with Crippen LogP contribution in [0.4, 0.5) is 16.2 Å². The second kappa shape index (κ2) is 7.99. The van der Waals surface area contributed by atoms with Gasteiger partial charge in [0, 0.05) is 25.7 Å². The molecule has 0 saturated carbocycles. The van der Waals surface area contributed by atoms with Gasteiger partial charge in [-0.15, -0.1) is 0 Å². The van der Waals surface area contributed by atoms with E-state index in [1.54, 1.807) is 11.8 Å². The van der Waals surface area contributed by atoms with E-state index in [-0.39, 0.29) is 12.1 Å². The first-order valence-electron chi connectivity index (χ1n) is 8.33. The molecule has 0 radical (unpaired) electrons. The van der Waals surface area contributed by atoms with Crippen LogP contribution in [0.1, 0.15) is 39.5 Å². The number of anilines is 2. The van der Waals surface area contributed by atoms with Gasteiger partial charge >= 0.3 is 6.09 Å². The van der Waals surface area contributed by atoms with Crippen molar-refractivity contribution in [2.45, 2.75) is 45.6 Å². The SMILES string of the molecule is CCCCNc1c(NC2CCN(C(=O)OCC)CC2)c(=O)c1=O. The van der Waals surface area contributed by atoms with Crippen LogP contribution in [-0.4, -0.2) is 43.3 Å². The van der Waals surface area contributed by atoms with Crippen molar-refractivity contribution in [1.29, 1.82) is 0 Å². The summed E-state index contributed by atoms with van der Waals surface area (Å²) >= 11 is 0. The minimum atomic E-state index is -0.447. The van der Waals surface area contributed by atoms with Crippen LogP contribution in [0.3, 0.4) is 0 Å². The zero-order valence-electron chi connectivity index (χ0n) is 13.8. The Balaban J connectivity index is 1.87. The highest BCUT2D eigenvalue weighted by molar-refractivity contribution is 5.74. The highest BCUT2D eigenvalue weighted by atomic mass is 16.6. The smallest absolute Gasteiger partial charge is 0.409 e. The Hall–Kier alpha value is -2.05. The molecule has 0 bridgehead atoms. The molecule has 1 aliphatic heterocycles. The van der Waals surface area contributed by atoms with E-state index in [4.69, 9.17) is 4.74 Å². The molecule has 0 aromatic heterocycles. The van der Waals surface area contributed by atoms with E-state index in [0.717, 1.165) is 25.7 Å². The standard InChI is InChI=1S/C16H25N3O4/c1-3-5-8-17-12-13(15(21)14(12)20)18-11-6-9-19(10-7-11)16(22)23-4-2/h11,17-18H,3-10H2,1-2H3. The number of unbranched alkanes of at least 4 members (excludes halogenated alkanes) is 1. The second-order valence-electron chi connectivity index (χ2n) is 5.79. The molecule has 128 valence electrons. The molecule has 1 aromatic carbocycles. The summed E-state index contributed by atoms with van der Waals surface area (Å²) in [5, 5.41) is 6.22. The maximum atomic E-state index is 11.7. The molecule has 0 unspecified atom stereocenters. The van der Waals surface area contributed by atoms with Crippen LogP contribution >= 0.6 is 0 Å². The van der Waals surface area contributed by atoms with Gasteiger partial charge in [0.15, 0.2) is 0 Å². The minimum absolute atomic E-state index is 0.0932. The van der Waals surface area contributed by atoms with Gasteiger partial charge in [-0.3, -0.25) is 9.59 Å². The molecule has 7 heteroatoms. The average molecular weight is 323 g/mol. The Labute approximate surface area is 135 Å². The van der Waals surface area contributed by atoms with Gasteiger partial charge in [-0.1, -0.05) is 13.3 Å². The molecule has 0 aliphatic carbocycles. The summed E-state index contributed by atoms with van der Waals surface area (Å²) in [6.07, 6.45) is 3.15. The molecule has 0 atom stereocenters. The van der Waals surface area contributed by atoms with Crippen LogP contribution in [0.5, 0.6) is 0 Å². The number of ether oxygens (including phenoxy) is 1. The highest BCUT2D eigenvalue weighted by Crippen LogP contribution is 2.20. The minimum Gasteiger partial charge on any atom is -0.450 e. The molecule has 0 spiro atoms. The Bertz CT molecular complexity index is 599. The summed E-state index contributed by atoms with van der Waals surface area (Å²) in [5.41, 5.74) is -0.0682. The van der Waals surface area contributed by atoms with Gasteiger partial charge < -0.3 is 20.3 Å². The summed E-state index contributed by atoms with van der Waals surface area (Å²) in [6.45, 7) is 6.09. The Kier molecular flexibility index (Phi) is 6.01. The predicted octanol–water partition coefficient (Wildman–Crippen LogP) is 1.53. The van der Waals surface area contributed by atoms with Crippen LogP contribution < -0.4 is 21.5 Å². The monoisotopic (exact) mass is 323 g/mol. The summed E-state index contributed by atoms with van der Waals surface area (Å²) < 4.78 is 4.98. The second-order valence-corrected chi connectivity index (χ2v) is 5.79. The van der Waals surface area contributed by atoms with Crippen molar-refractivity contribution in [3.63, 3.8) is 0 Å². The summed E-state index contributed by atoms with van der Waals surface area (Å²) in [4.78, 5) is 36.7. The van der Waals surface area contributed by atoms with E-state index < -0.39 is 10.9 Å². The number of piperidine rings is 1. The number of nitrogens with zero attached hydrogens (tertiary/aromatic N) is 1. The average Bonchev–Trinajstić information content (AvgIpc) is 2.57. The maximum absolute atomic E-state index is 11.7. The first kappa shape index (κ1) is 17.3. The summed E-state index contributed by atoms with van der Waals surface area (Å²) in [6, 6.07) is 0.0932. The van der Waals surface area contributed by atoms with Crippen molar-refractivity contribution in [2.75, 3.05) is 36.9 Å². The Morgan fingerprint density at radius 3 is 2.43 bits per heavy atom. The fraction of sp³-hybridized carbons (Fsp3) is 0.688. The van der Waals surface area contributed by atoms with Gasteiger partial charge in [0.2, 0.25) is 0 Å². The van der Waals surface area contributed by atoms with E-state index in [2.05, 4.69) is 17.6 Å². The third-order valence-corrected chi connectivity index (χ3v) is 4.11. The van der Waals surface area contributed by atoms with E-state index in [9.17, 15) is 14.4 Å². The molecule has 1 fully saturated rings. The molecule has 2 rings (SSSR count). The Morgan fingerprint density at radius 2 is 1.83 bits per heavy atom. The summed E-state index contributed by atoms with van der Waals surface area (Å²) in [5.74, 6) is 0. The van der Waals surface area contributed by atoms with Crippen LogP contribution in [0, 0.1) is 0 Å². The lowest BCUT2D eigenvalue weighted by molar-refractivity contribution is 0.0983. The maximum Gasteiger partial charge on any atom is 0.409 e. The zero-order valence-corrected chi connectivity index (χ0v) is 13.8. The highest BCUT2D eigenvalue weighted by Gasteiger charge is 2.27. The third-order valence-electron chi connectivity index (χ3n) is 4.11. The number of carbonyl (C=O) groups excluding carboxylic acids is 1. The normalized spacial score (nSPS) is 15.7. The number of amides is 1. The third kappa shape index (κ3) is 4.03. The van der Waals surface area contributed by atoms with Crippen molar-refractivity contribution < 1.29 is 9.53 Å². The molecule has 1 heterocycles. The van der Waals surface area contributed by atoms with E-state index in [0.29, 0.717) is 37.6 Å². The number of hydrogen-bond donors (Lipinski definition) is 2. The molecule has 1 amide bonds. The molecule has 23 heavy (non-hydrogen) atoms. The quantitative estimate of drug-likeness (QED) is 0.584. The predicted molar refractivity (Wildman–Crippen MR) is 90.0 cm³/mol. The number of rotatable bonds is 7. The van der Waals surface area contributed by atoms with Crippen molar-refractivity contribution in [3.8, 4) is 0 Å². The largest absolute Gasteiger partial charge is 0.450 e. The van der Waals surface area contributed by atoms with E-state index in [1.807, 2.05) is 0 Å². The topological polar surface area (TPSA) is 87.7 Å². The van der Waals surface area contributed by atoms with E-state index in [1.165, 1.54) is 0 Å². The zero-order chi connectivity index (χ0) is 16.8. The lowest BCUT2D eigenvalue weighted by atomic mass is 10.0. The Morgan fingerprint density at radius 1 is 1.17 bits per heavy atom. The van der Waals surface area contributed by atoms with Gasteiger partial charge in [0.05, 0.1) is 6.61 Å². The van der Waals surface area contributed by atoms with Gasteiger partial charge in [-0.05, 0) is 26.2 Å². The number of likely N-dealkylation sites (tertiary alicyclic amines) is 1. The molecule has 7 nitrogen and oxygen atoms in total. The van der Waals surface area contributed by atoms with Crippen molar-refractivity contribution in [2.24, 2.45) is 0 Å². The molecular weight excluding hydrogens is 298 g/mol. The van der Waals surface area contributed by atoms with Gasteiger partial charge in [-0.25, -0.2) is 4.79 Å². The van der Waals surface area contributed by atoms with Crippen molar-refractivity contribution >= 4 is 17.5 Å². The first-order valence-corrected chi connectivity index (χ1v) is 8.33. The van der Waals surface area contributed by atoms with Crippen LogP contribution in [0.25, 0.3) is 0 Å². The van der Waals surface area contributed by atoms with Crippen molar-refractivity contribution in [1.82, 2.24) is 4.90 Å². The van der Waals surface area contributed by atoms with Gasteiger partial charge in [0.1, 0.15) is 11.4 Å². The lowest BCUT2D eigenvalue weighted by Gasteiger charge is -2.32. The molecule has 1 aromatic rings. The number of carbonyl (C=O) groups is 1. The summed E-state index contributed by atoms with van der Waals surface area (Å²) in [7, 11) is 0.